The first kappa shape index (κ1) is 18.4. The molecule has 6 heteroatoms. The number of benzene rings is 1. The van der Waals surface area contributed by atoms with Crippen LogP contribution in [0.4, 0.5) is 0 Å². The lowest BCUT2D eigenvalue weighted by atomic mass is 10.0. The Hall–Kier alpha value is -0.620. The molecule has 2 N–H and O–H groups in total. The summed E-state index contributed by atoms with van der Waals surface area (Å²) < 4.78 is 26.6. The molecule has 0 bridgehead atoms. The molecule has 0 aliphatic carbocycles. The summed E-state index contributed by atoms with van der Waals surface area (Å²) in [5, 5.41) is 0. The molecule has 1 saturated heterocycles. The lowest BCUT2D eigenvalue weighted by Crippen LogP contribution is -2.32. The van der Waals surface area contributed by atoms with E-state index in [9.17, 15) is 8.42 Å². The first-order valence-corrected chi connectivity index (χ1v) is 8.59. The fourth-order valence-electron chi connectivity index (χ4n) is 2.56. The van der Waals surface area contributed by atoms with E-state index in [2.05, 4.69) is 13.8 Å². The fraction of sp³-hybridized carbons (Fsp3) is 0.600. The van der Waals surface area contributed by atoms with Crippen LogP contribution in [0.15, 0.2) is 29.2 Å². The zero-order valence-corrected chi connectivity index (χ0v) is 14.5. The minimum absolute atomic E-state index is 0. The Bertz CT molecular complexity index is 548. The van der Waals surface area contributed by atoms with Crippen LogP contribution in [0.2, 0.25) is 0 Å². The van der Waals surface area contributed by atoms with Gasteiger partial charge in [-0.2, -0.15) is 4.31 Å². The Morgan fingerprint density at radius 1 is 1.24 bits per heavy atom. The summed E-state index contributed by atoms with van der Waals surface area (Å²) in [5.74, 6) is 0.778. The maximum atomic E-state index is 12.5. The zero-order chi connectivity index (χ0) is 14.9. The predicted octanol–water partition coefficient (Wildman–Crippen LogP) is 2.27. The molecule has 1 aromatic rings. The van der Waals surface area contributed by atoms with Crippen molar-refractivity contribution in [3.05, 3.63) is 29.8 Å². The van der Waals surface area contributed by atoms with Crippen molar-refractivity contribution in [2.75, 3.05) is 13.1 Å². The van der Waals surface area contributed by atoms with Gasteiger partial charge in [-0.25, -0.2) is 8.42 Å². The van der Waals surface area contributed by atoms with Gasteiger partial charge in [-0.05, 0) is 36.0 Å². The van der Waals surface area contributed by atoms with E-state index < -0.39 is 10.0 Å². The van der Waals surface area contributed by atoms with E-state index in [1.54, 1.807) is 12.1 Å². The van der Waals surface area contributed by atoms with Gasteiger partial charge >= 0.3 is 0 Å². The Morgan fingerprint density at radius 2 is 1.81 bits per heavy atom. The number of halogens is 1. The summed E-state index contributed by atoms with van der Waals surface area (Å²) in [6.45, 7) is 7.22. The van der Waals surface area contributed by atoms with Crippen LogP contribution in [0.1, 0.15) is 26.3 Å². The van der Waals surface area contributed by atoms with E-state index in [4.69, 9.17) is 5.73 Å². The number of hydrogen-bond donors (Lipinski definition) is 1. The van der Waals surface area contributed by atoms with Crippen molar-refractivity contribution < 1.29 is 8.42 Å². The predicted molar refractivity (Wildman–Crippen MR) is 88.1 cm³/mol. The molecule has 2 atom stereocenters. The molecule has 120 valence electrons. The standard InChI is InChI=1S/C15H24N2O2S.ClH/c1-11(2)8-13-4-6-14(7-5-13)20(18,19)17-9-12(3)15(16)10-17;/h4-7,11-12,15H,8-10,16H2,1-3H3;1H. The molecule has 0 saturated carbocycles. The lowest BCUT2D eigenvalue weighted by Gasteiger charge is -2.16. The minimum atomic E-state index is -3.40. The van der Waals surface area contributed by atoms with Crippen molar-refractivity contribution in [2.24, 2.45) is 17.6 Å². The molecule has 1 aliphatic heterocycles. The van der Waals surface area contributed by atoms with Crippen molar-refractivity contribution in [1.82, 2.24) is 4.31 Å². The third kappa shape index (κ3) is 4.19. The van der Waals surface area contributed by atoms with E-state index in [1.165, 1.54) is 9.87 Å². The highest BCUT2D eigenvalue weighted by molar-refractivity contribution is 7.89. The van der Waals surface area contributed by atoms with Gasteiger partial charge in [0, 0.05) is 19.1 Å². The first-order valence-electron chi connectivity index (χ1n) is 7.15. The third-order valence-electron chi connectivity index (χ3n) is 3.84. The monoisotopic (exact) mass is 332 g/mol. The highest BCUT2D eigenvalue weighted by Crippen LogP contribution is 2.24. The largest absolute Gasteiger partial charge is 0.326 e. The van der Waals surface area contributed by atoms with Gasteiger partial charge in [0.2, 0.25) is 10.0 Å². The van der Waals surface area contributed by atoms with Crippen LogP contribution in [0.5, 0.6) is 0 Å². The SMILES string of the molecule is CC(C)Cc1ccc(S(=O)(=O)N2CC(C)C(N)C2)cc1.Cl. The zero-order valence-electron chi connectivity index (χ0n) is 12.8. The highest BCUT2D eigenvalue weighted by Gasteiger charge is 2.35. The molecule has 2 rings (SSSR count). The molecule has 1 fully saturated rings. The van der Waals surface area contributed by atoms with E-state index >= 15 is 0 Å². The van der Waals surface area contributed by atoms with E-state index in [0.29, 0.717) is 23.9 Å². The molecule has 0 spiro atoms. The molecule has 0 aromatic heterocycles. The van der Waals surface area contributed by atoms with Gasteiger partial charge in [0.25, 0.3) is 0 Å². The Labute approximate surface area is 134 Å². The van der Waals surface area contributed by atoms with Crippen molar-refractivity contribution >= 4 is 22.4 Å². The molecular weight excluding hydrogens is 308 g/mol. The normalized spacial score (nSPS) is 23.3. The fourth-order valence-corrected chi connectivity index (χ4v) is 4.14. The van der Waals surface area contributed by atoms with E-state index in [-0.39, 0.29) is 24.4 Å². The van der Waals surface area contributed by atoms with Gasteiger partial charge in [-0.3, -0.25) is 0 Å². The van der Waals surface area contributed by atoms with Crippen LogP contribution in [0, 0.1) is 11.8 Å². The summed E-state index contributed by atoms with van der Waals surface area (Å²) in [5.41, 5.74) is 7.09. The molecule has 0 radical (unpaired) electrons. The molecule has 1 aromatic carbocycles. The van der Waals surface area contributed by atoms with Gasteiger partial charge in [0.15, 0.2) is 0 Å². The molecule has 4 nitrogen and oxygen atoms in total. The summed E-state index contributed by atoms with van der Waals surface area (Å²) in [7, 11) is -3.40. The Kier molecular flexibility index (Phi) is 6.23. The van der Waals surface area contributed by atoms with Crippen LogP contribution in [-0.4, -0.2) is 31.9 Å². The van der Waals surface area contributed by atoms with Crippen molar-refractivity contribution in [1.29, 1.82) is 0 Å². The van der Waals surface area contributed by atoms with Crippen LogP contribution in [-0.2, 0) is 16.4 Å². The number of nitrogens with zero attached hydrogens (tertiary/aromatic N) is 1. The first-order chi connectivity index (χ1) is 9.30. The number of rotatable bonds is 4. The second kappa shape index (κ2) is 7.09. The maximum Gasteiger partial charge on any atom is 0.243 e. The molecule has 21 heavy (non-hydrogen) atoms. The van der Waals surface area contributed by atoms with Crippen molar-refractivity contribution in [3.8, 4) is 0 Å². The Morgan fingerprint density at radius 3 is 2.24 bits per heavy atom. The van der Waals surface area contributed by atoms with Gasteiger partial charge in [-0.15, -0.1) is 12.4 Å². The molecule has 2 unspecified atom stereocenters. The van der Waals surface area contributed by atoms with Gasteiger partial charge in [-0.1, -0.05) is 32.9 Å². The second-order valence-corrected chi connectivity index (χ2v) is 8.14. The molecule has 0 amide bonds. The van der Waals surface area contributed by atoms with Crippen LogP contribution >= 0.6 is 12.4 Å². The Balaban J connectivity index is 0.00000220. The van der Waals surface area contributed by atoms with Gasteiger partial charge < -0.3 is 5.73 Å². The van der Waals surface area contributed by atoms with Crippen molar-refractivity contribution in [2.45, 2.75) is 38.1 Å². The van der Waals surface area contributed by atoms with E-state index in [1.807, 2.05) is 19.1 Å². The minimum Gasteiger partial charge on any atom is -0.326 e. The van der Waals surface area contributed by atoms with Crippen LogP contribution in [0.25, 0.3) is 0 Å². The molecular formula is C15H25ClN2O2S. The molecule has 1 heterocycles. The summed E-state index contributed by atoms with van der Waals surface area (Å²) in [4.78, 5) is 0.367. The quantitative estimate of drug-likeness (QED) is 0.920. The number of hydrogen-bond acceptors (Lipinski definition) is 3. The average Bonchev–Trinajstić information content (AvgIpc) is 2.70. The summed E-state index contributed by atoms with van der Waals surface area (Å²) >= 11 is 0. The second-order valence-electron chi connectivity index (χ2n) is 6.21. The smallest absolute Gasteiger partial charge is 0.243 e. The van der Waals surface area contributed by atoms with Crippen LogP contribution in [0.3, 0.4) is 0 Å². The van der Waals surface area contributed by atoms with Crippen molar-refractivity contribution in [3.63, 3.8) is 0 Å². The topological polar surface area (TPSA) is 63.4 Å². The molecule has 1 aliphatic rings. The lowest BCUT2D eigenvalue weighted by molar-refractivity contribution is 0.464. The summed E-state index contributed by atoms with van der Waals surface area (Å²) in [6.07, 6.45) is 0.964. The maximum absolute atomic E-state index is 12.5. The van der Waals surface area contributed by atoms with E-state index in [0.717, 1.165) is 6.42 Å². The van der Waals surface area contributed by atoms with Gasteiger partial charge in [0.1, 0.15) is 0 Å². The number of sulfonamides is 1. The summed E-state index contributed by atoms with van der Waals surface area (Å²) in [6, 6.07) is 7.17. The average molecular weight is 333 g/mol. The van der Waals surface area contributed by atoms with Gasteiger partial charge in [0.05, 0.1) is 4.90 Å². The highest BCUT2D eigenvalue weighted by atomic mass is 35.5. The van der Waals surface area contributed by atoms with Crippen LogP contribution < -0.4 is 5.73 Å². The third-order valence-corrected chi connectivity index (χ3v) is 5.69. The number of nitrogens with two attached hydrogens (primary N) is 1.